The van der Waals surface area contributed by atoms with Crippen molar-refractivity contribution in [2.24, 2.45) is 0 Å². The van der Waals surface area contributed by atoms with E-state index in [9.17, 15) is 4.21 Å². The maximum atomic E-state index is 12.3. The summed E-state index contributed by atoms with van der Waals surface area (Å²) in [6.07, 6.45) is 10.6. The van der Waals surface area contributed by atoms with Crippen LogP contribution in [-0.4, -0.2) is 47.4 Å². The van der Waals surface area contributed by atoms with Gasteiger partial charge in [0.05, 0.1) is 21.5 Å². The molecule has 5 heterocycles. The number of aryl methyl sites for hydroxylation is 1. The van der Waals surface area contributed by atoms with E-state index in [4.69, 9.17) is 16.6 Å². The molecule has 0 unspecified atom stereocenters. The van der Waals surface area contributed by atoms with Crippen LogP contribution in [0.1, 0.15) is 17.9 Å². The van der Waals surface area contributed by atoms with E-state index in [0.29, 0.717) is 17.3 Å². The van der Waals surface area contributed by atoms with Crippen LogP contribution in [0.15, 0.2) is 35.8 Å². The maximum absolute atomic E-state index is 12.3. The molecule has 0 radical (unpaired) electrons. The molecule has 9 heteroatoms. The predicted molar refractivity (Wildman–Crippen MR) is 99.8 cm³/mol. The molecule has 2 aliphatic heterocycles. The highest BCUT2D eigenvalue weighted by Gasteiger charge is 2.27. The smallest absolute Gasteiger partial charge is 0.211 e. The molecule has 26 heavy (non-hydrogen) atoms. The third kappa shape index (κ3) is 2.52. The number of fused-ring (bicyclic) bond motifs is 3. The Morgan fingerprint density at radius 1 is 1.15 bits per heavy atom. The third-order valence-corrected chi connectivity index (χ3v) is 6.35. The molecule has 3 aromatic rings. The molecule has 1 atom stereocenters. The summed E-state index contributed by atoms with van der Waals surface area (Å²) in [4.78, 5) is 20.8. The fourth-order valence-electron chi connectivity index (χ4n) is 3.44. The normalized spacial score (nSPS) is 19.7. The van der Waals surface area contributed by atoms with Gasteiger partial charge in [-0.3, -0.25) is 8.61 Å². The summed E-state index contributed by atoms with van der Waals surface area (Å²) in [5, 5.41) is 0.536. The van der Waals surface area contributed by atoms with Gasteiger partial charge in [0.15, 0.2) is 11.5 Å². The molecule has 0 spiro atoms. The number of aromatic nitrogens is 5. The molecular weight excluding hydrogens is 372 g/mol. The van der Waals surface area contributed by atoms with Gasteiger partial charge in [-0.15, -0.1) is 0 Å². The van der Waals surface area contributed by atoms with Crippen molar-refractivity contribution in [3.8, 4) is 0 Å². The Morgan fingerprint density at radius 3 is 2.77 bits per heavy atom. The summed E-state index contributed by atoms with van der Waals surface area (Å²) >= 11 is 5.86. The molecule has 0 saturated carbocycles. The lowest BCUT2D eigenvalue weighted by Gasteiger charge is -2.27. The van der Waals surface area contributed by atoms with Gasteiger partial charge in [0.2, 0.25) is 5.95 Å². The van der Waals surface area contributed by atoms with Crippen molar-refractivity contribution in [2.75, 3.05) is 23.7 Å². The molecule has 2 aliphatic rings. The number of anilines is 1. The third-order valence-electron chi connectivity index (χ3n) is 4.71. The summed E-state index contributed by atoms with van der Waals surface area (Å²) in [7, 11) is -1.00. The topological polar surface area (TPSA) is 76.3 Å². The second-order valence-corrected chi connectivity index (χ2v) is 8.20. The van der Waals surface area contributed by atoms with Gasteiger partial charge in [0.25, 0.3) is 0 Å². The van der Waals surface area contributed by atoms with Crippen LogP contribution in [0.4, 0.5) is 5.95 Å². The minimum absolute atomic E-state index is 0.536. The Balaban J connectivity index is 1.50. The van der Waals surface area contributed by atoms with Crippen LogP contribution in [0.2, 0.25) is 5.02 Å². The molecule has 0 amide bonds. The van der Waals surface area contributed by atoms with E-state index in [2.05, 4.69) is 25.9 Å². The summed E-state index contributed by atoms with van der Waals surface area (Å²) in [5.74, 6) is 2.20. The van der Waals surface area contributed by atoms with Crippen LogP contribution in [0, 0.1) is 0 Å². The van der Waals surface area contributed by atoms with Gasteiger partial charge in [-0.1, -0.05) is 17.7 Å². The van der Waals surface area contributed by atoms with Crippen LogP contribution in [0.5, 0.6) is 0 Å². The van der Waals surface area contributed by atoms with E-state index in [1.165, 1.54) is 0 Å². The lowest BCUT2D eigenvalue weighted by molar-refractivity contribution is 0.685. The SMILES string of the molecule is O=[S@@]1CCc2nc(N3CC=C(c4ncc(Cl)cn4)CC3)n3ccnc3c21. The number of nitrogens with zero attached hydrogens (tertiary/aromatic N) is 6. The lowest BCUT2D eigenvalue weighted by Crippen LogP contribution is -2.31. The molecule has 0 bridgehead atoms. The zero-order valence-corrected chi connectivity index (χ0v) is 15.4. The quantitative estimate of drug-likeness (QED) is 0.671. The second-order valence-electron chi connectivity index (χ2n) is 6.26. The molecule has 0 N–H and O–H groups in total. The van der Waals surface area contributed by atoms with E-state index < -0.39 is 10.8 Å². The van der Waals surface area contributed by atoms with Gasteiger partial charge in [-0.25, -0.2) is 19.9 Å². The molecule has 7 nitrogen and oxygen atoms in total. The number of rotatable bonds is 2. The Bertz CT molecular complexity index is 1060. The van der Waals surface area contributed by atoms with Gasteiger partial charge < -0.3 is 4.90 Å². The Hall–Kier alpha value is -2.32. The van der Waals surface area contributed by atoms with Crippen molar-refractivity contribution in [1.29, 1.82) is 0 Å². The van der Waals surface area contributed by atoms with Gasteiger partial charge in [0, 0.05) is 50.1 Å². The fourth-order valence-corrected chi connectivity index (χ4v) is 4.88. The molecular formula is C17H15ClN6OS. The number of halogens is 1. The van der Waals surface area contributed by atoms with Crippen molar-refractivity contribution >= 4 is 39.6 Å². The van der Waals surface area contributed by atoms with E-state index in [0.717, 1.165) is 53.0 Å². The Kier molecular flexibility index (Phi) is 3.75. The first-order chi connectivity index (χ1) is 12.7. The molecule has 3 aromatic heterocycles. The Morgan fingerprint density at radius 2 is 2.00 bits per heavy atom. The molecule has 0 aromatic carbocycles. The van der Waals surface area contributed by atoms with Crippen LogP contribution in [-0.2, 0) is 17.2 Å². The highest BCUT2D eigenvalue weighted by Crippen LogP contribution is 2.30. The highest BCUT2D eigenvalue weighted by atomic mass is 35.5. The molecule has 0 fully saturated rings. The van der Waals surface area contributed by atoms with Crippen molar-refractivity contribution in [3.63, 3.8) is 0 Å². The van der Waals surface area contributed by atoms with Gasteiger partial charge in [-0.05, 0) is 12.0 Å². The van der Waals surface area contributed by atoms with Crippen molar-refractivity contribution in [2.45, 2.75) is 17.7 Å². The van der Waals surface area contributed by atoms with Crippen molar-refractivity contribution in [3.05, 3.63) is 47.4 Å². The Labute approximate surface area is 157 Å². The molecule has 5 rings (SSSR count). The lowest BCUT2D eigenvalue weighted by atomic mass is 10.1. The average molecular weight is 387 g/mol. The van der Waals surface area contributed by atoms with Crippen molar-refractivity contribution < 1.29 is 4.21 Å². The minimum atomic E-state index is -1.00. The number of hydrogen-bond donors (Lipinski definition) is 0. The molecule has 0 saturated heterocycles. The standard InChI is InChI=1S/C17H15ClN6OS/c18-12-9-20-15(21-10-12)11-1-5-23(6-2-11)17-22-13-3-8-26(25)14(13)16-19-4-7-24(16)17/h1,4,7,9-10H,2-3,5-6,8H2/t26-/m1/s1. The summed E-state index contributed by atoms with van der Waals surface area (Å²) in [5.41, 5.74) is 2.78. The first-order valence-electron chi connectivity index (χ1n) is 8.37. The van der Waals surface area contributed by atoms with Crippen LogP contribution < -0.4 is 4.90 Å². The number of imidazole rings is 1. The van der Waals surface area contributed by atoms with Crippen molar-refractivity contribution in [1.82, 2.24) is 24.3 Å². The first kappa shape index (κ1) is 15.9. The summed E-state index contributed by atoms with van der Waals surface area (Å²) < 4.78 is 14.2. The van der Waals surface area contributed by atoms with Gasteiger partial charge in [-0.2, -0.15) is 0 Å². The zero-order valence-electron chi connectivity index (χ0n) is 13.8. The maximum Gasteiger partial charge on any atom is 0.211 e. The summed E-state index contributed by atoms with van der Waals surface area (Å²) in [6.45, 7) is 1.52. The van der Waals surface area contributed by atoms with E-state index >= 15 is 0 Å². The fraction of sp³-hybridized carbons (Fsp3) is 0.294. The second kappa shape index (κ2) is 6.14. The van der Waals surface area contributed by atoms with E-state index in [-0.39, 0.29) is 0 Å². The largest absolute Gasteiger partial charge is 0.338 e. The van der Waals surface area contributed by atoms with Crippen LogP contribution in [0.3, 0.4) is 0 Å². The average Bonchev–Trinajstić information content (AvgIpc) is 3.28. The minimum Gasteiger partial charge on any atom is -0.338 e. The highest BCUT2D eigenvalue weighted by molar-refractivity contribution is 7.85. The monoisotopic (exact) mass is 386 g/mol. The van der Waals surface area contributed by atoms with E-state index in [1.807, 2.05) is 10.6 Å². The first-order valence-corrected chi connectivity index (χ1v) is 10.1. The van der Waals surface area contributed by atoms with Gasteiger partial charge in [0.1, 0.15) is 4.90 Å². The molecule has 0 aliphatic carbocycles. The summed E-state index contributed by atoms with van der Waals surface area (Å²) in [6, 6.07) is 0. The van der Waals surface area contributed by atoms with Crippen LogP contribution in [0.25, 0.3) is 11.2 Å². The van der Waals surface area contributed by atoms with Gasteiger partial charge >= 0.3 is 0 Å². The predicted octanol–water partition coefficient (Wildman–Crippen LogP) is 2.13. The van der Waals surface area contributed by atoms with Crippen LogP contribution >= 0.6 is 11.6 Å². The van der Waals surface area contributed by atoms with E-state index in [1.54, 1.807) is 18.6 Å². The zero-order chi connectivity index (χ0) is 17.7. The molecule has 132 valence electrons. The number of hydrogen-bond acceptors (Lipinski definition) is 6.